The standard InChI is InChI=1S/C13H16Cl2N2O4/c1-3-20-12(18)16-11(17-13(19)21-4-2)8-5-6-9(14)10(15)7-8/h5-7,11H,3-4H2,1-2H3,(H,16,18)(H,17,19). The maximum atomic E-state index is 11.5. The van der Waals surface area contributed by atoms with E-state index in [0.29, 0.717) is 15.6 Å². The van der Waals surface area contributed by atoms with Gasteiger partial charge in [0.1, 0.15) is 6.17 Å². The zero-order chi connectivity index (χ0) is 15.8. The molecule has 8 heteroatoms. The van der Waals surface area contributed by atoms with Crippen LogP contribution >= 0.6 is 23.2 Å². The average Bonchev–Trinajstić information content (AvgIpc) is 2.41. The zero-order valence-corrected chi connectivity index (χ0v) is 13.1. The highest BCUT2D eigenvalue weighted by molar-refractivity contribution is 6.42. The van der Waals surface area contributed by atoms with E-state index in [4.69, 9.17) is 32.7 Å². The Bertz CT molecular complexity index is 491. The van der Waals surface area contributed by atoms with Crippen LogP contribution in [0.1, 0.15) is 25.6 Å². The van der Waals surface area contributed by atoms with Crippen LogP contribution in [0.25, 0.3) is 0 Å². The summed E-state index contributed by atoms with van der Waals surface area (Å²) in [5.41, 5.74) is 0.533. The molecule has 116 valence electrons. The molecule has 0 aliphatic carbocycles. The van der Waals surface area contributed by atoms with Gasteiger partial charge in [0.15, 0.2) is 0 Å². The molecule has 0 bridgehead atoms. The molecule has 0 atom stereocenters. The summed E-state index contributed by atoms with van der Waals surface area (Å²) in [5, 5.41) is 5.66. The minimum atomic E-state index is -0.849. The highest BCUT2D eigenvalue weighted by Crippen LogP contribution is 2.25. The minimum absolute atomic E-state index is 0.208. The normalized spacial score (nSPS) is 10.1. The molecule has 6 nitrogen and oxygen atoms in total. The van der Waals surface area contributed by atoms with Gasteiger partial charge in [-0.2, -0.15) is 0 Å². The fraction of sp³-hybridized carbons (Fsp3) is 0.385. The molecule has 0 saturated carbocycles. The number of carbonyl (C=O) groups is 2. The molecule has 1 aromatic carbocycles. The predicted octanol–water partition coefficient (Wildman–Crippen LogP) is 3.48. The highest BCUT2D eigenvalue weighted by Gasteiger charge is 2.19. The lowest BCUT2D eigenvalue weighted by Gasteiger charge is -2.20. The van der Waals surface area contributed by atoms with Crippen LogP contribution in [0.15, 0.2) is 18.2 Å². The van der Waals surface area contributed by atoms with Crippen molar-refractivity contribution in [3.63, 3.8) is 0 Å². The number of hydrogen-bond acceptors (Lipinski definition) is 4. The lowest BCUT2D eigenvalue weighted by Crippen LogP contribution is -2.41. The molecule has 0 aliphatic rings. The fourth-order valence-corrected chi connectivity index (χ4v) is 1.78. The van der Waals surface area contributed by atoms with E-state index >= 15 is 0 Å². The molecule has 0 unspecified atom stereocenters. The van der Waals surface area contributed by atoms with E-state index in [1.807, 2.05) is 0 Å². The second kappa shape index (κ2) is 8.59. The Balaban J connectivity index is 2.91. The molecule has 21 heavy (non-hydrogen) atoms. The lowest BCUT2D eigenvalue weighted by molar-refractivity contribution is 0.135. The Kier molecular flexibility index (Phi) is 7.11. The van der Waals surface area contributed by atoms with Crippen LogP contribution in [-0.2, 0) is 9.47 Å². The SMILES string of the molecule is CCOC(=O)NC(NC(=O)OCC)c1ccc(Cl)c(Cl)c1. The Morgan fingerprint density at radius 3 is 2.00 bits per heavy atom. The molecule has 0 aromatic heterocycles. The third-order valence-corrected chi connectivity index (χ3v) is 3.09. The van der Waals surface area contributed by atoms with Crippen molar-refractivity contribution in [2.45, 2.75) is 20.0 Å². The van der Waals surface area contributed by atoms with Crippen LogP contribution in [0.2, 0.25) is 10.0 Å². The van der Waals surface area contributed by atoms with Crippen LogP contribution in [0.3, 0.4) is 0 Å². The summed E-state index contributed by atoms with van der Waals surface area (Å²) >= 11 is 11.8. The van der Waals surface area contributed by atoms with Crippen molar-refractivity contribution >= 4 is 35.4 Å². The van der Waals surface area contributed by atoms with Crippen molar-refractivity contribution in [1.82, 2.24) is 10.6 Å². The summed E-state index contributed by atoms with van der Waals surface area (Å²) in [5.74, 6) is 0. The third kappa shape index (κ3) is 5.69. The summed E-state index contributed by atoms with van der Waals surface area (Å²) in [7, 11) is 0. The van der Waals surface area contributed by atoms with Gasteiger partial charge < -0.3 is 9.47 Å². The first kappa shape index (κ1) is 17.4. The van der Waals surface area contributed by atoms with Crippen molar-refractivity contribution in [3.05, 3.63) is 33.8 Å². The average molecular weight is 335 g/mol. The van der Waals surface area contributed by atoms with E-state index in [-0.39, 0.29) is 13.2 Å². The monoisotopic (exact) mass is 334 g/mol. The van der Waals surface area contributed by atoms with Crippen molar-refractivity contribution in [2.24, 2.45) is 0 Å². The smallest absolute Gasteiger partial charge is 0.409 e. The number of nitrogens with one attached hydrogen (secondary N) is 2. The van der Waals surface area contributed by atoms with Gasteiger partial charge in [-0.15, -0.1) is 0 Å². The number of carbonyl (C=O) groups excluding carboxylic acids is 2. The van der Waals surface area contributed by atoms with Gasteiger partial charge in [0.05, 0.1) is 23.3 Å². The molecule has 2 N–H and O–H groups in total. The number of halogens is 2. The maximum Gasteiger partial charge on any atom is 0.409 e. The number of rotatable bonds is 5. The van der Waals surface area contributed by atoms with Gasteiger partial charge in [-0.1, -0.05) is 29.3 Å². The Morgan fingerprint density at radius 1 is 1.05 bits per heavy atom. The topological polar surface area (TPSA) is 76.7 Å². The van der Waals surface area contributed by atoms with Gasteiger partial charge in [0.2, 0.25) is 0 Å². The first-order valence-electron chi connectivity index (χ1n) is 6.29. The molecule has 1 rings (SSSR count). The Morgan fingerprint density at radius 2 is 1.57 bits per heavy atom. The molecule has 0 heterocycles. The van der Waals surface area contributed by atoms with Crippen LogP contribution in [-0.4, -0.2) is 25.4 Å². The fourth-order valence-electron chi connectivity index (χ4n) is 1.48. The molecular weight excluding hydrogens is 319 g/mol. The molecule has 1 aromatic rings. The second-order valence-electron chi connectivity index (χ2n) is 3.84. The summed E-state index contributed by atoms with van der Waals surface area (Å²) in [6, 6.07) is 4.72. The van der Waals surface area contributed by atoms with E-state index in [2.05, 4.69) is 10.6 Å². The first-order chi connectivity index (χ1) is 9.97. The molecule has 0 spiro atoms. The van der Waals surface area contributed by atoms with Crippen molar-refractivity contribution < 1.29 is 19.1 Å². The quantitative estimate of drug-likeness (QED) is 0.808. The Hall–Kier alpha value is -1.66. The number of hydrogen-bond donors (Lipinski definition) is 2. The lowest BCUT2D eigenvalue weighted by atomic mass is 10.2. The van der Waals surface area contributed by atoms with Gasteiger partial charge >= 0.3 is 12.2 Å². The molecule has 0 aliphatic heterocycles. The second-order valence-corrected chi connectivity index (χ2v) is 4.65. The van der Waals surface area contributed by atoms with Crippen LogP contribution in [0.5, 0.6) is 0 Å². The van der Waals surface area contributed by atoms with E-state index in [0.717, 1.165) is 0 Å². The van der Waals surface area contributed by atoms with Crippen LogP contribution in [0, 0.1) is 0 Å². The van der Waals surface area contributed by atoms with Crippen molar-refractivity contribution in [1.29, 1.82) is 0 Å². The third-order valence-electron chi connectivity index (χ3n) is 2.35. The molecule has 0 saturated heterocycles. The highest BCUT2D eigenvalue weighted by atomic mass is 35.5. The Labute approximate surface area is 132 Å². The molecular formula is C13H16Cl2N2O4. The van der Waals surface area contributed by atoms with E-state index < -0.39 is 18.4 Å². The van der Waals surface area contributed by atoms with Crippen LogP contribution < -0.4 is 10.6 Å². The summed E-state index contributed by atoms with van der Waals surface area (Å²) < 4.78 is 9.58. The van der Waals surface area contributed by atoms with E-state index in [1.54, 1.807) is 26.0 Å². The van der Waals surface area contributed by atoms with Crippen molar-refractivity contribution in [3.8, 4) is 0 Å². The summed E-state index contributed by atoms with van der Waals surface area (Å²) in [6.07, 6.45) is -2.20. The number of amides is 2. The molecule has 0 radical (unpaired) electrons. The molecule has 0 fully saturated rings. The van der Waals surface area contributed by atoms with Gasteiger partial charge in [0, 0.05) is 0 Å². The summed E-state index contributed by atoms with van der Waals surface area (Å²) in [6.45, 7) is 3.76. The van der Waals surface area contributed by atoms with Crippen molar-refractivity contribution in [2.75, 3.05) is 13.2 Å². The number of alkyl carbamates (subject to hydrolysis) is 2. The van der Waals surface area contributed by atoms with Gasteiger partial charge in [-0.25, -0.2) is 9.59 Å². The number of ether oxygens (including phenoxy) is 2. The van der Waals surface area contributed by atoms with E-state index in [9.17, 15) is 9.59 Å². The predicted molar refractivity (Wildman–Crippen MR) is 79.5 cm³/mol. The minimum Gasteiger partial charge on any atom is -0.450 e. The van der Waals surface area contributed by atoms with Gasteiger partial charge in [-0.3, -0.25) is 10.6 Å². The van der Waals surface area contributed by atoms with Gasteiger partial charge in [-0.05, 0) is 31.5 Å². The van der Waals surface area contributed by atoms with E-state index in [1.165, 1.54) is 6.07 Å². The maximum absolute atomic E-state index is 11.5. The van der Waals surface area contributed by atoms with Gasteiger partial charge in [0.25, 0.3) is 0 Å². The zero-order valence-electron chi connectivity index (χ0n) is 11.6. The largest absolute Gasteiger partial charge is 0.450 e. The summed E-state index contributed by atoms with van der Waals surface area (Å²) in [4.78, 5) is 23.1. The van der Waals surface area contributed by atoms with Crippen LogP contribution in [0.4, 0.5) is 9.59 Å². The first-order valence-corrected chi connectivity index (χ1v) is 7.05. The number of benzene rings is 1. The molecule has 2 amide bonds.